The van der Waals surface area contributed by atoms with Gasteiger partial charge in [-0.15, -0.1) is 0 Å². The van der Waals surface area contributed by atoms with Crippen molar-refractivity contribution in [1.82, 2.24) is 19.6 Å². The quantitative estimate of drug-likeness (QED) is 0.172. The first kappa shape index (κ1) is 58.6. The molecule has 0 aromatic heterocycles. The molecule has 16 nitrogen and oxygen atoms in total. The number of benzene rings is 2. The topological polar surface area (TPSA) is 186 Å². The molecule has 1 aliphatic heterocycles. The minimum absolute atomic E-state index is 0.0823. The van der Waals surface area contributed by atoms with Gasteiger partial charge in [0.1, 0.15) is 39.9 Å². The van der Waals surface area contributed by atoms with Crippen LogP contribution >= 0.6 is 0 Å². The van der Waals surface area contributed by atoms with Gasteiger partial charge in [-0.25, -0.2) is 19.2 Å². The lowest BCUT2D eigenvalue weighted by molar-refractivity contribution is -0.176. The Kier molecular flexibility index (Phi) is 22.2. The van der Waals surface area contributed by atoms with Crippen LogP contribution in [0.5, 0.6) is 0 Å². The third-order valence-corrected chi connectivity index (χ3v) is 12.6. The maximum Gasteiger partial charge on any atom is 0.329 e. The van der Waals surface area contributed by atoms with Crippen molar-refractivity contribution in [3.05, 3.63) is 59.7 Å². The molecule has 0 aliphatic carbocycles. The lowest BCUT2D eigenvalue weighted by atomic mass is 9.94. The summed E-state index contributed by atoms with van der Waals surface area (Å²) in [5.74, 6) is -7.13. The fourth-order valence-electron chi connectivity index (χ4n) is 8.36. The van der Waals surface area contributed by atoms with Crippen LogP contribution in [0, 0.1) is 23.7 Å². The van der Waals surface area contributed by atoms with Gasteiger partial charge in [-0.2, -0.15) is 0 Å². The third kappa shape index (κ3) is 16.7. The Bertz CT molecular complexity index is 1970. The normalized spacial score (nSPS) is 24.8. The van der Waals surface area contributed by atoms with Gasteiger partial charge in [0, 0.05) is 41.0 Å². The van der Waals surface area contributed by atoms with Crippen LogP contribution in [0.25, 0.3) is 0 Å². The molecule has 0 unspecified atom stereocenters. The molecular weight excluding hydrogens is 894 g/mol. The molecule has 384 valence electrons. The summed E-state index contributed by atoms with van der Waals surface area (Å²) in [7, 11) is 9.40. The Balaban J connectivity index is 2.26. The number of likely N-dealkylation sites (N-methyl/N-ethyl adjacent to an activating group) is 4. The Labute approximate surface area is 417 Å². The van der Waals surface area contributed by atoms with E-state index in [1.54, 1.807) is 24.3 Å². The molecule has 0 saturated carbocycles. The number of nitrogens with zero attached hydrogens (tertiary/aromatic N) is 4. The number of cyclic esters (lactones) is 4. The zero-order chi connectivity index (χ0) is 52.9. The lowest BCUT2D eigenvalue weighted by Gasteiger charge is -2.35. The van der Waals surface area contributed by atoms with Crippen molar-refractivity contribution < 1.29 is 57.3 Å². The van der Waals surface area contributed by atoms with Gasteiger partial charge in [-0.3, -0.25) is 19.2 Å². The molecule has 0 N–H and O–H groups in total. The van der Waals surface area contributed by atoms with Gasteiger partial charge in [0.2, 0.25) is 0 Å². The van der Waals surface area contributed by atoms with E-state index < -0.39 is 96.1 Å². The van der Waals surface area contributed by atoms with Crippen LogP contribution in [0.2, 0.25) is 0 Å². The van der Waals surface area contributed by atoms with E-state index in [0.29, 0.717) is 11.1 Å². The zero-order valence-corrected chi connectivity index (χ0v) is 44.5. The van der Waals surface area contributed by atoms with Crippen molar-refractivity contribution in [2.24, 2.45) is 23.7 Å². The SMILES string of the molecule is Bc1ccc(C[C@H]2OC(=O)[C@H](CC(C)C)N(C)C(=O)[C@@H](C)OC(=O)[C@H](CC(C)C)N(C)C(=O)[C@@H](Cc3ccc(B)cc3)OC(=O)[C@H](CC(C)C)N(C)C(=O)[C@@H](C)OC(=O)[C@H](CC(C)C)N(C)C2=O)cc1. The van der Waals surface area contributed by atoms with Crippen molar-refractivity contribution in [2.45, 2.75) is 156 Å². The van der Waals surface area contributed by atoms with Crippen LogP contribution in [0.1, 0.15) is 106 Å². The summed E-state index contributed by atoms with van der Waals surface area (Å²) in [4.78, 5) is 120. The minimum atomic E-state index is -1.48. The van der Waals surface area contributed by atoms with Gasteiger partial charge >= 0.3 is 23.9 Å². The Morgan fingerprint density at radius 1 is 0.400 bits per heavy atom. The number of hydrogen-bond donors (Lipinski definition) is 0. The number of carbonyl (C=O) groups excluding carboxylic acids is 8. The van der Waals surface area contributed by atoms with Crippen molar-refractivity contribution in [3.63, 3.8) is 0 Å². The summed E-state index contributed by atoms with van der Waals surface area (Å²) in [5.41, 5.74) is 3.23. The van der Waals surface area contributed by atoms with E-state index in [9.17, 15) is 38.4 Å². The van der Waals surface area contributed by atoms with Crippen LogP contribution in [-0.4, -0.2) is 160 Å². The number of hydrogen-bond acceptors (Lipinski definition) is 12. The first-order chi connectivity index (χ1) is 32.6. The molecule has 2 aromatic carbocycles. The largest absolute Gasteiger partial charge is 0.451 e. The summed E-state index contributed by atoms with van der Waals surface area (Å²) in [5, 5.41) is 0. The zero-order valence-electron chi connectivity index (χ0n) is 44.5. The second-order valence-corrected chi connectivity index (χ2v) is 20.8. The molecule has 2 aromatic rings. The fraction of sp³-hybridized carbons (Fsp3) is 0.615. The number of esters is 4. The summed E-state index contributed by atoms with van der Waals surface area (Å²) in [6.07, 6.45) is -5.58. The number of amides is 4. The number of rotatable bonds is 12. The van der Waals surface area contributed by atoms with E-state index in [-0.39, 0.29) is 62.2 Å². The summed E-state index contributed by atoms with van der Waals surface area (Å²) in [6.45, 7) is 17.6. The molecule has 1 fully saturated rings. The van der Waals surface area contributed by atoms with Crippen molar-refractivity contribution >= 4 is 74.1 Å². The van der Waals surface area contributed by atoms with Crippen molar-refractivity contribution in [1.29, 1.82) is 0 Å². The van der Waals surface area contributed by atoms with Crippen molar-refractivity contribution in [2.75, 3.05) is 28.2 Å². The van der Waals surface area contributed by atoms with Gasteiger partial charge in [-0.05, 0) is 74.3 Å². The van der Waals surface area contributed by atoms with Crippen LogP contribution in [0.3, 0.4) is 0 Å². The Morgan fingerprint density at radius 3 is 0.871 bits per heavy atom. The van der Waals surface area contributed by atoms with Gasteiger partial charge in [0.05, 0.1) is 0 Å². The van der Waals surface area contributed by atoms with Crippen LogP contribution in [-0.2, 0) is 70.1 Å². The molecule has 4 amide bonds. The second-order valence-electron chi connectivity index (χ2n) is 20.8. The molecule has 0 spiro atoms. The summed E-state index contributed by atoms with van der Waals surface area (Å²) < 4.78 is 23.9. The molecule has 1 heterocycles. The molecule has 8 atom stereocenters. The smallest absolute Gasteiger partial charge is 0.329 e. The fourth-order valence-corrected chi connectivity index (χ4v) is 8.36. The van der Waals surface area contributed by atoms with Gasteiger partial charge < -0.3 is 38.5 Å². The molecule has 0 bridgehead atoms. The Morgan fingerprint density at radius 2 is 0.629 bits per heavy atom. The van der Waals surface area contributed by atoms with E-state index >= 15 is 0 Å². The summed E-state index contributed by atoms with van der Waals surface area (Å²) >= 11 is 0. The number of carbonyl (C=O) groups is 8. The lowest BCUT2D eigenvalue weighted by Crippen LogP contribution is -2.55. The molecule has 0 radical (unpaired) electrons. The number of ether oxygens (including phenoxy) is 4. The maximum absolute atomic E-state index is 14.7. The Hall–Kier alpha value is -5.67. The maximum atomic E-state index is 14.7. The third-order valence-electron chi connectivity index (χ3n) is 12.6. The van der Waals surface area contributed by atoms with Crippen molar-refractivity contribution in [3.8, 4) is 0 Å². The van der Waals surface area contributed by atoms with Gasteiger partial charge in [0.25, 0.3) is 23.6 Å². The highest BCUT2D eigenvalue weighted by Crippen LogP contribution is 2.24. The van der Waals surface area contributed by atoms with E-state index in [4.69, 9.17) is 18.9 Å². The molecule has 3 rings (SSSR count). The summed E-state index contributed by atoms with van der Waals surface area (Å²) in [6, 6.07) is 9.62. The van der Waals surface area contributed by atoms with E-state index in [1.165, 1.54) is 42.0 Å². The second kappa shape index (κ2) is 26.5. The first-order valence-electron chi connectivity index (χ1n) is 24.6. The van der Waals surface area contributed by atoms with Gasteiger partial charge in [0.15, 0.2) is 24.4 Å². The molecule has 18 heteroatoms. The predicted molar refractivity (Wildman–Crippen MR) is 272 cm³/mol. The predicted octanol–water partition coefficient (Wildman–Crippen LogP) is 2.18. The highest BCUT2D eigenvalue weighted by molar-refractivity contribution is 6.32. The van der Waals surface area contributed by atoms with Crippen LogP contribution in [0.15, 0.2) is 48.5 Å². The monoisotopic (exact) mass is 973 g/mol. The average Bonchev–Trinajstić information content (AvgIpc) is 3.29. The molecule has 1 aliphatic rings. The van der Waals surface area contributed by atoms with Gasteiger partial charge in [-0.1, -0.05) is 115 Å². The highest BCUT2D eigenvalue weighted by Gasteiger charge is 2.43. The molecular formula is C52H78B2N4O12. The highest BCUT2D eigenvalue weighted by atomic mass is 16.6. The van der Waals surface area contributed by atoms with Crippen LogP contribution in [0.4, 0.5) is 0 Å². The average molecular weight is 973 g/mol. The van der Waals surface area contributed by atoms with Crippen LogP contribution < -0.4 is 10.9 Å². The standard InChI is InChI=1S/C52H78B2N4O12/c1-29(2)23-39-49(63)67-33(9)45(59)55(11)42(26-32(7)8)52(66)70-44(28-36-17-21-38(54)22-18-36)48(62)58(14)40(24-30(3)4)50(64)68-34(10)46(60)56(12)41(25-31(5)6)51(65)69-43(47(61)57(39)13)27-35-15-19-37(53)20-16-35/h15-22,29-34,39-44H,23-28,53-54H2,1-14H3/t33-,34-,39+,40+,41+,42+,43-,44-/m1/s1. The van der Waals surface area contributed by atoms with E-state index in [2.05, 4.69) is 0 Å². The van der Waals surface area contributed by atoms with E-state index in [1.807, 2.05) is 95.3 Å². The van der Waals surface area contributed by atoms with E-state index in [0.717, 1.165) is 30.5 Å². The first-order valence-corrected chi connectivity index (χ1v) is 24.6. The molecule has 70 heavy (non-hydrogen) atoms. The minimum Gasteiger partial charge on any atom is -0.451 e. The molecule has 1 saturated heterocycles.